The number of nitrogens with one attached hydrogen (secondary N) is 1. The van der Waals surface area contributed by atoms with E-state index in [1.807, 2.05) is 55.5 Å². The van der Waals surface area contributed by atoms with E-state index in [0.717, 1.165) is 16.6 Å². The molecule has 7 heteroatoms. The molecule has 0 saturated heterocycles. The van der Waals surface area contributed by atoms with Crippen molar-refractivity contribution in [2.24, 2.45) is 0 Å². The van der Waals surface area contributed by atoms with Gasteiger partial charge in [0, 0.05) is 0 Å². The molecule has 4 aromatic rings. The Bertz CT molecular complexity index is 1130. The van der Waals surface area contributed by atoms with Crippen molar-refractivity contribution in [3.8, 4) is 0 Å². The molecule has 2 heterocycles. The molecular formula is C20H18ClN5O. The van der Waals surface area contributed by atoms with Gasteiger partial charge < -0.3 is 0 Å². The van der Waals surface area contributed by atoms with Crippen LogP contribution in [0.4, 0.5) is 0 Å². The first-order valence-electron chi connectivity index (χ1n) is 8.55. The first-order valence-corrected chi connectivity index (χ1v) is 8.92. The monoisotopic (exact) mass is 379 g/mol. The zero-order chi connectivity index (χ0) is 19.0. The lowest BCUT2D eigenvalue weighted by Crippen LogP contribution is -2.22. The van der Waals surface area contributed by atoms with Crippen molar-refractivity contribution in [3.63, 3.8) is 0 Å². The van der Waals surface area contributed by atoms with Crippen LogP contribution in [0.2, 0.25) is 5.15 Å². The van der Waals surface area contributed by atoms with Gasteiger partial charge in [-0.2, -0.15) is 5.10 Å². The second-order valence-corrected chi connectivity index (χ2v) is 6.80. The largest absolute Gasteiger partial charge is 0.275 e. The number of aromatic nitrogens is 4. The van der Waals surface area contributed by atoms with Crippen molar-refractivity contribution in [2.75, 3.05) is 5.43 Å². The second kappa shape index (κ2) is 6.89. The van der Waals surface area contributed by atoms with E-state index in [0.29, 0.717) is 23.0 Å². The molecule has 1 amide bonds. The number of hydrogen-bond donors (Lipinski definition) is 1. The Labute approximate surface area is 161 Å². The molecule has 0 saturated carbocycles. The lowest BCUT2D eigenvalue weighted by Gasteiger charge is -2.07. The number of hydrogen-bond acceptors (Lipinski definition) is 3. The van der Waals surface area contributed by atoms with Gasteiger partial charge in [-0.1, -0.05) is 53.6 Å². The van der Waals surface area contributed by atoms with Gasteiger partial charge in [-0.25, -0.2) is 14.3 Å². The van der Waals surface area contributed by atoms with Crippen LogP contribution in [0, 0.1) is 13.8 Å². The fourth-order valence-corrected chi connectivity index (χ4v) is 3.32. The van der Waals surface area contributed by atoms with Crippen LogP contribution >= 0.6 is 11.6 Å². The SMILES string of the molecule is Cc1ccc(Cn2nc(C)c(C(=O)Nn3cnc4ccccc43)c2Cl)cc1. The predicted molar refractivity (Wildman–Crippen MR) is 106 cm³/mol. The molecule has 0 aliphatic heterocycles. The van der Waals surface area contributed by atoms with Crippen LogP contribution in [-0.4, -0.2) is 25.3 Å². The quantitative estimate of drug-likeness (QED) is 0.584. The molecule has 0 aliphatic carbocycles. The van der Waals surface area contributed by atoms with Crippen LogP contribution in [0.3, 0.4) is 0 Å². The third-order valence-electron chi connectivity index (χ3n) is 4.42. The van der Waals surface area contributed by atoms with Crippen molar-refractivity contribution in [1.29, 1.82) is 0 Å². The van der Waals surface area contributed by atoms with E-state index in [4.69, 9.17) is 11.6 Å². The Kier molecular flexibility index (Phi) is 4.41. The topological polar surface area (TPSA) is 64.7 Å². The Morgan fingerprint density at radius 2 is 1.85 bits per heavy atom. The molecule has 1 N–H and O–H groups in total. The highest BCUT2D eigenvalue weighted by molar-refractivity contribution is 6.33. The predicted octanol–water partition coefficient (Wildman–Crippen LogP) is 3.94. The molecule has 27 heavy (non-hydrogen) atoms. The molecule has 0 bridgehead atoms. The number of nitrogens with zero attached hydrogens (tertiary/aromatic N) is 4. The number of carbonyl (C=O) groups is 1. The van der Waals surface area contributed by atoms with Gasteiger partial charge in [0.2, 0.25) is 0 Å². The highest BCUT2D eigenvalue weighted by Gasteiger charge is 2.21. The fourth-order valence-electron chi connectivity index (χ4n) is 3.00. The number of amides is 1. The summed E-state index contributed by atoms with van der Waals surface area (Å²) in [5.74, 6) is -0.323. The van der Waals surface area contributed by atoms with Crippen molar-refractivity contribution in [3.05, 3.63) is 82.4 Å². The highest BCUT2D eigenvalue weighted by Crippen LogP contribution is 2.22. The number of imidazole rings is 1. The summed E-state index contributed by atoms with van der Waals surface area (Å²) in [4.78, 5) is 17.1. The number of rotatable bonds is 4. The second-order valence-electron chi connectivity index (χ2n) is 6.44. The maximum absolute atomic E-state index is 12.8. The van der Waals surface area contributed by atoms with Gasteiger partial charge >= 0.3 is 0 Å². The normalized spacial score (nSPS) is 11.1. The van der Waals surface area contributed by atoms with E-state index < -0.39 is 0 Å². The van der Waals surface area contributed by atoms with Gasteiger partial charge in [-0.15, -0.1) is 0 Å². The Balaban J connectivity index is 1.60. The Hall–Kier alpha value is -3.12. The molecular weight excluding hydrogens is 362 g/mol. The van der Waals surface area contributed by atoms with Crippen LogP contribution in [0.5, 0.6) is 0 Å². The smallest absolute Gasteiger partial charge is 0.267 e. The van der Waals surface area contributed by atoms with Gasteiger partial charge in [0.05, 0.1) is 23.3 Å². The number of halogens is 1. The van der Waals surface area contributed by atoms with E-state index >= 15 is 0 Å². The van der Waals surface area contributed by atoms with E-state index in [2.05, 4.69) is 15.5 Å². The number of carbonyl (C=O) groups excluding carboxylic acids is 1. The van der Waals surface area contributed by atoms with Gasteiger partial charge in [-0.3, -0.25) is 10.2 Å². The first kappa shape index (κ1) is 17.3. The molecule has 4 rings (SSSR count). The Morgan fingerprint density at radius 3 is 2.63 bits per heavy atom. The van der Waals surface area contributed by atoms with Crippen molar-refractivity contribution in [2.45, 2.75) is 20.4 Å². The highest BCUT2D eigenvalue weighted by atomic mass is 35.5. The zero-order valence-corrected chi connectivity index (χ0v) is 15.7. The maximum Gasteiger partial charge on any atom is 0.275 e. The van der Waals surface area contributed by atoms with Crippen LogP contribution in [-0.2, 0) is 6.54 Å². The van der Waals surface area contributed by atoms with Crippen molar-refractivity contribution in [1.82, 2.24) is 19.4 Å². The average Bonchev–Trinajstić information content (AvgIpc) is 3.18. The van der Waals surface area contributed by atoms with Crippen LogP contribution < -0.4 is 5.43 Å². The van der Waals surface area contributed by atoms with Crippen LogP contribution in [0.15, 0.2) is 54.9 Å². The third kappa shape index (κ3) is 3.31. The summed E-state index contributed by atoms with van der Waals surface area (Å²) in [6.07, 6.45) is 1.57. The molecule has 0 spiro atoms. The van der Waals surface area contributed by atoms with Gasteiger partial charge in [0.1, 0.15) is 17.0 Å². The van der Waals surface area contributed by atoms with E-state index in [1.165, 1.54) is 5.56 Å². The Morgan fingerprint density at radius 1 is 1.11 bits per heavy atom. The van der Waals surface area contributed by atoms with Gasteiger partial charge in [0.15, 0.2) is 0 Å². The summed E-state index contributed by atoms with van der Waals surface area (Å²) in [6.45, 7) is 4.32. The number of benzene rings is 2. The van der Waals surface area contributed by atoms with E-state index in [9.17, 15) is 4.79 Å². The number of fused-ring (bicyclic) bond motifs is 1. The molecule has 2 aromatic carbocycles. The third-order valence-corrected chi connectivity index (χ3v) is 4.81. The van der Waals surface area contributed by atoms with Crippen LogP contribution in [0.25, 0.3) is 11.0 Å². The summed E-state index contributed by atoms with van der Waals surface area (Å²) in [5.41, 5.74) is 7.63. The number of para-hydroxylation sites is 2. The maximum atomic E-state index is 12.8. The van der Waals surface area contributed by atoms with Gasteiger partial charge in [0.25, 0.3) is 5.91 Å². The molecule has 0 atom stereocenters. The minimum Gasteiger partial charge on any atom is -0.267 e. The molecule has 0 aliphatic rings. The minimum absolute atomic E-state index is 0.315. The lowest BCUT2D eigenvalue weighted by molar-refractivity contribution is 0.101. The molecule has 0 unspecified atom stereocenters. The fraction of sp³-hybridized carbons (Fsp3) is 0.150. The summed E-state index contributed by atoms with van der Waals surface area (Å²) in [5, 5.41) is 4.75. The summed E-state index contributed by atoms with van der Waals surface area (Å²) < 4.78 is 3.23. The molecule has 136 valence electrons. The summed E-state index contributed by atoms with van der Waals surface area (Å²) in [7, 11) is 0. The minimum atomic E-state index is -0.323. The summed E-state index contributed by atoms with van der Waals surface area (Å²) >= 11 is 6.48. The summed E-state index contributed by atoms with van der Waals surface area (Å²) in [6, 6.07) is 15.7. The standard InChI is InChI=1S/C20H18ClN5O/c1-13-7-9-15(10-8-13)11-25-19(21)18(14(2)23-25)20(27)24-26-12-22-16-5-3-4-6-17(16)26/h3-10,12H,11H2,1-2H3,(H,24,27). The van der Waals surface area contributed by atoms with E-state index in [1.54, 1.807) is 22.6 Å². The average molecular weight is 380 g/mol. The number of aryl methyl sites for hydroxylation is 2. The van der Waals surface area contributed by atoms with E-state index in [-0.39, 0.29) is 5.91 Å². The first-order chi connectivity index (χ1) is 13.0. The molecule has 2 aromatic heterocycles. The zero-order valence-electron chi connectivity index (χ0n) is 15.0. The molecule has 0 radical (unpaired) electrons. The van der Waals surface area contributed by atoms with Crippen molar-refractivity contribution >= 4 is 28.5 Å². The van der Waals surface area contributed by atoms with Gasteiger partial charge in [-0.05, 0) is 31.5 Å². The molecule has 6 nitrogen and oxygen atoms in total. The van der Waals surface area contributed by atoms with Crippen LogP contribution in [0.1, 0.15) is 27.2 Å². The molecule has 0 fully saturated rings. The van der Waals surface area contributed by atoms with Crippen molar-refractivity contribution < 1.29 is 4.79 Å². The lowest BCUT2D eigenvalue weighted by atomic mass is 10.1.